The van der Waals surface area contributed by atoms with Gasteiger partial charge in [-0.25, -0.2) is 39.9 Å². The number of hydrogen-bond donors (Lipinski definition) is 12. The predicted molar refractivity (Wildman–Crippen MR) is 519 cm³/mol. The van der Waals surface area contributed by atoms with Gasteiger partial charge in [-0.05, 0) is 277 Å². The van der Waals surface area contributed by atoms with Gasteiger partial charge in [0.15, 0.2) is 20.0 Å². The van der Waals surface area contributed by atoms with Crippen LogP contribution in [-0.4, -0.2) is 249 Å². The van der Waals surface area contributed by atoms with Gasteiger partial charge in [-0.1, -0.05) is 13.8 Å². The summed E-state index contributed by atoms with van der Waals surface area (Å²) >= 11 is 4.90. The number of aromatic nitrogens is 8. The standard InChI is InChI=1S/C26H35N5O3S.C24H31N5O3S.C24H33N5O3S.C23H31N5O3S/c1-4-15(3)28-21-12-14(2)18(13-27-21)23-22(26(34)31-16-8-9-17(31)11-10-16)30-25(35-23)24(33)29-19-6-5-7-20(19)32;1-12(2)26-19-8-13(3)18(11-25-19)21-20(24(32)29-15-4-5-16(29)7-6-15)28-23(33-21)22(31)27-14-9-17(30)10-14;1-5-14(3)26-19-10-13(2)18(11-25-19)21-20(24(32)29-16-6-7-17(29)9-8-16)28-23(33-21)22(31)27-15(4)12-30;1-12(2)25-18-9-13(3)17(10-24-18)20-19(23(31)28-15-5-6-16(28)8-7-15)27-22(32-20)21(30)26-14(4)11-29/h12-13,15-17,19-20,32H,4-11H2,1-3H3,(H,27,28)(H,29,33);8,11-12,14-17,30H,4-7,9-10H2,1-3H3,(H,25,26)(H,27,31);10-11,14-17,30H,5-9,12H2,1-4H3,(H,25,26)(H,27,31);9-10,12,14-16,29H,5-8,11H2,1-4H3,(H,24,25)(H,26,30)/t15-,16?,17?,19+,20+;;14-,15-,16?,17?;14-,15?,16?/m1.11/s1. The summed E-state index contributed by atoms with van der Waals surface area (Å²) in [5.41, 5.74) is 8.50. The van der Waals surface area contributed by atoms with E-state index in [0.717, 1.165) is 196 Å². The molecule has 2 saturated carbocycles. The summed E-state index contributed by atoms with van der Waals surface area (Å²) in [5, 5.41) is 64.0. The van der Waals surface area contributed by atoms with Crippen molar-refractivity contribution in [3.63, 3.8) is 0 Å². The van der Waals surface area contributed by atoms with Crippen molar-refractivity contribution in [3.8, 4) is 41.8 Å². The molecule has 12 N–H and O–H groups in total. The molecule has 2 aliphatic carbocycles. The molecule has 0 aromatic carbocycles. The fourth-order valence-electron chi connectivity index (χ4n) is 20.2. The number of pyridine rings is 4. The van der Waals surface area contributed by atoms with Crippen LogP contribution in [0.15, 0.2) is 49.1 Å². The van der Waals surface area contributed by atoms with Crippen molar-refractivity contribution in [2.75, 3.05) is 34.5 Å². The van der Waals surface area contributed by atoms with Gasteiger partial charge < -0.3 is 82.6 Å². The highest BCUT2D eigenvalue weighted by atomic mass is 32.1. The van der Waals surface area contributed by atoms with Crippen LogP contribution in [-0.2, 0) is 0 Å². The molecule has 10 aliphatic rings. The lowest BCUT2D eigenvalue weighted by molar-refractivity contribution is 0.0560. The van der Waals surface area contributed by atoms with Gasteiger partial charge in [-0.2, -0.15) is 0 Å². The minimum atomic E-state index is -0.531. The molecular weight excluding hydrogens is 1770 g/mol. The maximum atomic E-state index is 13.8. The summed E-state index contributed by atoms with van der Waals surface area (Å²) in [5.74, 6) is 1.40. The van der Waals surface area contributed by atoms with E-state index in [4.69, 9.17) is 0 Å². The maximum absolute atomic E-state index is 13.8. The highest BCUT2D eigenvalue weighted by molar-refractivity contribution is 7.18. The molecule has 8 aromatic heterocycles. The lowest BCUT2D eigenvalue weighted by Crippen LogP contribution is -2.46. The van der Waals surface area contributed by atoms with Crippen LogP contribution in [0.3, 0.4) is 0 Å². The molecule has 18 rings (SSSR count). The first-order chi connectivity index (χ1) is 63.7. The van der Waals surface area contributed by atoms with E-state index in [1.807, 2.05) is 85.4 Å². The monoisotopic (exact) mass is 1890 g/mol. The van der Waals surface area contributed by atoms with Gasteiger partial charge in [0.05, 0.1) is 51.0 Å². The van der Waals surface area contributed by atoms with Gasteiger partial charge in [-0.3, -0.25) is 38.4 Å². The highest BCUT2D eigenvalue weighted by Crippen LogP contribution is 2.47. The van der Waals surface area contributed by atoms with E-state index < -0.39 is 18.2 Å². The molecule has 0 radical (unpaired) electrons. The van der Waals surface area contributed by atoms with Crippen molar-refractivity contribution in [1.29, 1.82) is 0 Å². The highest BCUT2D eigenvalue weighted by Gasteiger charge is 2.49. The van der Waals surface area contributed by atoms with Crippen molar-refractivity contribution < 1.29 is 58.8 Å². The molecule has 8 aliphatic heterocycles. The second-order valence-corrected chi connectivity index (χ2v) is 42.5. The summed E-state index contributed by atoms with van der Waals surface area (Å²) < 4.78 is 0. The number of aliphatic hydroxyl groups excluding tert-OH is 4. The van der Waals surface area contributed by atoms with Crippen molar-refractivity contribution in [2.45, 2.75) is 353 Å². The second-order valence-electron chi connectivity index (χ2n) is 38.5. The van der Waals surface area contributed by atoms with Crippen molar-refractivity contribution >= 4 is 116 Å². The van der Waals surface area contributed by atoms with Gasteiger partial charge in [0, 0.05) is 138 Å². The number of nitrogens with one attached hydrogen (secondary N) is 8. The molecule has 714 valence electrons. The van der Waals surface area contributed by atoms with E-state index in [1.54, 1.807) is 38.6 Å². The molecule has 6 atom stereocenters. The Labute approximate surface area is 794 Å². The van der Waals surface area contributed by atoms with Crippen LogP contribution < -0.4 is 42.5 Å². The quantitative estimate of drug-likeness (QED) is 0.0217. The fourth-order valence-corrected chi connectivity index (χ4v) is 24.3. The lowest BCUT2D eigenvalue weighted by atomic mass is 9.89. The van der Waals surface area contributed by atoms with Crippen LogP contribution in [0.2, 0.25) is 0 Å². The lowest BCUT2D eigenvalue weighted by Gasteiger charge is -2.31. The molecular formula is C97H130N20O12S4. The number of carbonyl (C=O) groups excluding carboxylic acids is 8. The number of anilines is 4. The Morgan fingerprint density at radius 2 is 0.632 bits per heavy atom. The van der Waals surface area contributed by atoms with E-state index in [9.17, 15) is 58.8 Å². The molecule has 133 heavy (non-hydrogen) atoms. The first-order valence-corrected chi connectivity index (χ1v) is 51.1. The Kier molecular flexibility index (Phi) is 31.1. The van der Waals surface area contributed by atoms with Crippen molar-refractivity contribution in [1.82, 2.24) is 80.7 Å². The van der Waals surface area contributed by atoms with Crippen LogP contribution in [0, 0.1) is 27.7 Å². The second kappa shape index (κ2) is 42.5. The third-order valence-corrected chi connectivity index (χ3v) is 32.1. The van der Waals surface area contributed by atoms with Gasteiger partial charge in [0.2, 0.25) is 0 Å². The molecule has 8 aromatic rings. The SMILES string of the molecule is CC[C@@H](C)Nc1cc(C)c(-c2sc(C(=O)N[C@H](C)CO)nc2C(=O)N2C3CCC2CC3)cn1.CC[C@@H](C)Nc1cc(C)c(-c2sc(C(=O)N[C@H]3CCC[C@@H]3O)nc2C(=O)N2C3CCC2CC3)cn1.Cc1cc(NC(C)C)ncc1-c1sc(C(=O)NC2CC(O)C2)nc1C(=O)N1C2CCC1CC2.Cc1cc(NC(C)C)ncc1-c1sc(C(=O)N[C@H](C)CO)nc1C(=O)N1C2CCC1CC2. The van der Waals surface area contributed by atoms with Crippen LogP contribution in [0.25, 0.3) is 41.8 Å². The first-order valence-electron chi connectivity index (χ1n) is 47.8. The molecule has 16 heterocycles. The van der Waals surface area contributed by atoms with Crippen LogP contribution >= 0.6 is 45.3 Å². The largest absolute Gasteiger partial charge is 0.394 e. The van der Waals surface area contributed by atoms with Crippen molar-refractivity contribution in [3.05, 3.63) is 114 Å². The number of aliphatic hydroxyl groups is 4. The first kappa shape index (κ1) is 97.5. The van der Waals surface area contributed by atoms with E-state index in [1.165, 1.54) is 45.3 Å². The summed E-state index contributed by atoms with van der Waals surface area (Å²) in [6.07, 6.45) is 28.2. The zero-order valence-corrected chi connectivity index (χ0v) is 82.0. The number of nitrogens with zero attached hydrogens (tertiary/aromatic N) is 12. The third kappa shape index (κ3) is 21.8. The molecule has 10 fully saturated rings. The van der Waals surface area contributed by atoms with E-state index in [2.05, 4.69) is 124 Å². The number of amides is 8. The predicted octanol–water partition coefficient (Wildman–Crippen LogP) is 14.3. The Morgan fingerprint density at radius 3 is 0.865 bits per heavy atom. The van der Waals surface area contributed by atoms with Gasteiger partial charge in [0.1, 0.15) is 46.0 Å². The smallest absolute Gasteiger partial charge is 0.280 e. The topological polar surface area (TPSA) is 430 Å². The Balaban J connectivity index is 0.000000135. The summed E-state index contributed by atoms with van der Waals surface area (Å²) in [6, 6.07) is 10.1. The Bertz CT molecular complexity index is 5510. The van der Waals surface area contributed by atoms with Gasteiger partial charge in [-0.15, -0.1) is 45.3 Å². The number of hydrogen-bond acceptors (Lipinski definition) is 28. The molecule has 32 nitrogen and oxygen atoms in total. The van der Waals surface area contributed by atoms with Gasteiger partial charge >= 0.3 is 0 Å². The fraction of sp³-hybridized carbons (Fsp3) is 0.588. The number of aryl methyl sites for hydroxylation is 4. The molecule has 8 saturated heterocycles. The van der Waals surface area contributed by atoms with E-state index in [-0.39, 0.29) is 159 Å². The van der Waals surface area contributed by atoms with Crippen LogP contribution in [0.5, 0.6) is 0 Å². The number of fused-ring (bicyclic) bond motifs is 8. The average molecular weight is 1900 g/mol. The van der Waals surface area contributed by atoms with Crippen LogP contribution in [0.1, 0.15) is 320 Å². The molecule has 36 heteroatoms. The molecule has 0 spiro atoms. The summed E-state index contributed by atoms with van der Waals surface area (Å²) in [6.45, 7) is 27.7. The number of thiazole rings is 4. The zero-order valence-electron chi connectivity index (χ0n) is 78.7. The normalized spacial score (nSPS) is 23.5. The Hall–Kier alpha value is -10.1. The van der Waals surface area contributed by atoms with E-state index in [0.29, 0.717) is 73.6 Å². The third-order valence-electron chi connectivity index (χ3n) is 27.7. The molecule has 0 unspecified atom stereocenters. The van der Waals surface area contributed by atoms with E-state index >= 15 is 0 Å². The summed E-state index contributed by atoms with van der Waals surface area (Å²) in [7, 11) is 0. The Morgan fingerprint density at radius 1 is 0.368 bits per heavy atom. The molecule has 8 amide bonds. The number of rotatable bonds is 28. The average Bonchev–Trinajstić information content (AvgIpc) is 1.63. The zero-order chi connectivity index (χ0) is 94.7. The van der Waals surface area contributed by atoms with Crippen LogP contribution in [0.4, 0.5) is 23.3 Å². The molecule has 8 bridgehead atoms. The number of carbonyl (C=O) groups is 8. The van der Waals surface area contributed by atoms with Gasteiger partial charge in [0.25, 0.3) is 47.3 Å². The van der Waals surface area contributed by atoms with Crippen molar-refractivity contribution in [2.24, 2.45) is 0 Å². The summed E-state index contributed by atoms with van der Waals surface area (Å²) in [4.78, 5) is 153. The minimum Gasteiger partial charge on any atom is -0.394 e. The minimum absolute atomic E-state index is 0.0433. The maximum Gasteiger partial charge on any atom is 0.280 e.